The molecule has 0 bridgehead atoms. The average molecular weight is 449 g/mol. The van der Waals surface area contributed by atoms with E-state index in [4.69, 9.17) is 23.1 Å². The highest BCUT2D eigenvalue weighted by Crippen LogP contribution is 2.31. The predicted octanol–water partition coefficient (Wildman–Crippen LogP) is 2.33. The van der Waals surface area contributed by atoms with Crippen LogP contribution in [0, 0.1) is 0 Å². The van der Waals surface area contributed by atoms with Crippen LogP contribution in [0.25, 0.3) is 27.7 Å². The summed E-state index contributed by atoms with van der Waals surface area (Å²) in [4.78, 5) is 23.8. The molecular formula is C24H20BN7O2. The van der Waals surface area contributed by atoms with E-state index in [0.717, 1.165) is 27.7 Å². The summed E-state index contributed by atoms with van der Waals surface area (Å²) in [6, 6.07) is 11.6. The van der Waals surface area contributed by atoms with Crippen LogP contribution in [0.15, 0.2) is 59.5 Å². The zero-order valence-corrected chi connectivity index (χ0v) is 18.3. The van der Waals surface area contributed by atoms with E-state index in [1.54, 1.807) is 21.7 Å². The average Bonchev–Trinajstić information content (AvgIpc) is 3.56. The lowest BCUT2D eigenvalue weighted by molar-refractivity contribution is 0.0670. The van der Waals surface area contributed by atoms with E-state index >= 15 is 0 Å². The first kappa shape index (κ1) is 20.4. The van der Waals surface area contributed by atoms with Crippen LogP contribution < -0.4 is 11.2 Å². The minimum Gasteiger partial charge on any atom is -0.384 e. The number of nitrogens with two attached hydrogens (primary N) is 1. The molecule has 166 valence electrons. The molecule has 0 unspecified atom stereocenters. The summed E-state index contributed by atoms with van der Waals surface area (Å²) in [6.45, 7) is 1.13. The van der Waals surface area contributed by atoms with Crippen molar-refractivity contribution in [1.29, 1.82) is 0 Å². The topological polar surface area (TPSA) is 115 Å². The second-order valence-corrected chi connectivity index (χ2v) is 8.45. The summed E-state index contributed by atoms with van der Waals surface area (Å²) >= 11 is 0. The number of likely N-dealkylation sites (tertiary alicyclic amines) is 1. The van der Waals surface area contributed by atoms with Crippen molar-refractivity contribution in [2.75, 3.05) is 18.8 Å². The van der Waals surface area contributed by atoms with Crippen LogP contribution >= 0.6 is 0 Å². The quantitative estimate of drug-likeness (QED) is 0.421. The van der Waals surface area contributed by atoms with E-state index in [-0.39, 0.29) is 17.6 Å². The molecule has 1 aliphatic heterocycles. The van der Waals surface area contributed by atoms with Crippen molar-refractivity contribution in [3.8, 4) is 11.1 Å². The highest BCUT2D eigenvalue weighted by molar-refractivity contribution is 6.36. The second kappa shape index (κ2) is 7.98. The Labute approximate surface area is 196 Å². The van der Waals surface area contributed by atoms with E-state index in [1.807, 2.05) is 30.5 Å². The van der Waals surface area contributed by atoms with Gasteiger partial charge in [0, 0.05) is 53.5 Å². The van der Waals surface area contributed by atoms with Crippen LogP contribution in [0.1, 0.15) is 35.0 Å². The maximum atomic E-state index is 12.6. The van der Waals surface area contributed by atoms with Crippen LogP contribution in [0.5, 0.6) is 0 Å². The number of benzene rings is 1. The number of rotatable bonds is 3. The lowest BCUT2D eigenvalue weighted by Crippen LogP contribution is -2.39. The molecule has 34 heavy (non-hydrogen) atoms. The van der Waals surface area contributed by atoms with Crippen molar-refractivity contribution in [3.05, 3.63) is 66.4 Å². The van der Waals surface area contributed by atoms with Gasteiger partial charge in [0.25, 0.3) is 5.91 Å². The molecule has 9 nitrogen and oxygen atoms in total. The molecule has 2 radical (unpaired) electrons. The van der Waals surface area contributed by atoms with Gasteiger partial charge in [-0.1, -0.05) is 23.4 Å². The summed E-state index contributed by atoms with van der Waals surface area (Å²) in [5.74, 6) is 0.520. The molecule has 6 rings (SSSR count). The number of anilines is 1. The van der Waals surface area contributed by atoms with E-state index in [2.05, 4.69) is 21.3 Å². The van der Waals surface area contributed by atoms with Gasteiger partial charge in [-0.05, 0) is 30.4 Å². The van der Waals surface area contributed by atoms with Crippen LogP contribution in [-0.4, -0.2) is 56.5 Å². The number of amides is 1. The summed E-state index contributed by atoms with van der Waals surface area (Å²) in [5, 5.41) is 9.09. The van der Waals surface area contributed by atoms with Crippen molar-refractivity contribution < 1.29 is 9.32 Å². The molecule has 0 atom stereocenters. The third-order valence-electron chi connectivity index (χ3n) is 6.47. The van der Waals surface area contributed by atoms with Gasteiger partial charge in [-0.3, -0.25) is 9.78 Å². The first-order valence-corrected chi connectivity index (χ1v) is 11.1. The highest BCUT2D eigenvalue weighted by atomic mass is 16.5. The molecule has 4 aromatic heterocycles. The summed E-state index contributed by atoms with van der Waals surface area (Å²) < 4.78 is 6.59. The van der Waals surface area contributed by atoms with Gasteiger partial charge in [0.1, 0.15) is 13.7 Å². The number of carbonyl (C=O) groups is 1. The van der Waals surface area contributed by atoms with Crippen LogP contribution in [0.4, 0.5) is 5.82 Å². The van der Waals surface area contributed by atoms with Crippen LogP contribution in [0.2, 0.25) is 0 Å². The van der Waals surface area contributed by atoms with E-state index in [1.165, 1.54) is 6.20 Å². The number of carbonyl (C=O) groups excluding carboxylic acids is 1. The monoisotopic (exact) mass is 449 g/mol. The Hall–Kier alpha value is -4.21. The summed E-state index contributed by atoms with van der Waals surface area (Å²) in [7, 11) is 6.41. The molecule has 0 saturated carbocycles. The molecule has 1 amide bonds. The maximum Gasteiger partial charge on any atom is 0.292 e. The molecule has 5 heterocycles. The Bertz CT molecular complexity index is 1520. The SMILES string of the molecule is [B]c1c(C2CCN(C(=O)c3ccno3)CC2)nc2c(-c3cnc4ccccc4c3)cnn2c1N. The number of hydrogen-bond donors (Lipinski definition) is 1. The predicted molar refractivity (Wildman–Crippen MR) is 128 cm³/mol. The molecule has 0 spiro atoms. The molecule has 1 aliphatic rings. The number of pyridine rings is 1. The van der Waals surface area contributed by atoms with Crippen LogP contribution in [-0.2, 0) is 0 Å². The largest absolute Gasteiger partial charge is 0.384 e. The van der Waals surface area contributed by atoms with Crippen molar-refractivity contribution in [2.45, 2.75) is 18.8 Å². The Morgan fingerprint density at radius 2 is 1.97 bits per heavy atom. The van der Waals surface area contributed by atoms with Crippen molar-refractivity contribution in [2.24, 2.45) is 0 Å². The first-order valence-electron chi connectivity index (χ1n) is 11.1. The highest BCUT2D eigenvalue weighted by Gasteiger charge is 2.29. The second-order valence-electron chi connectivity index (χ2n) is 8.45. The molecule has 1 aromatic carbocycles. The number of nitrogen functional groups attached to an aromatic ring is 1. The van der Waals surface area contributed by atoms with Crippen molar-refractivity contribution in [3.63, 3.8) is 0 Å². The Kier molecular flexibility index (Phi) is 4.79. The normalized spacial score (nSPS) is 14.8. The van der Waals surface area contributed by atoms with Crippen LogP contribution in [0.3, 0.4) is 0 Å². The number of para-hydroxylation sites is 1. The summed E-state index contributed by atoms with van der Waals surface area (Å²) in [5.41, 5.74) is 10.9. The van der Waals surface area contributed by atoms with E-state index < -0.39 is 0 Å². The zero-order chi connectivity index (χ0) is 23.2. The minimum atomic E-state index is -0.159. The fraction of sp³-hybridized carbons (Fsp3) is 0.208. The fourth-order valence-corrected chi connectivity index (χ4v) is 4.62. The Morgan fingerprint density at radius 1 is 1.15 bits per heavy atom. The lowest BCUT2D eigenvalue weighted by Gasteiger charge is -2.32. The smallest absolute Gasteiger partial charge is 0.292 e. The van der Waals surface area contributed by atoms with Gasteiger partial charge in [-0.25, -0.2) is 4.98 Å². The molecule has 10 heteroatoms. The van der Waals surface area contributed by atoms with Gasteiger partial charge in [0.2, 0.25) is 5.76 Å². The lowest BCUT2D eigenvalue weighted by atomic mass is 9.83. The fourth-order valence-electron chi connectivity index (χ4n) is 4.62. The molecule has 1 saturated heterocycles. The number of nitrogens with zero attached hydrogens (tertiary/aromatic N) is 6. The van der Waals surface area contributed by atoms with Crippen molar-refractivity contribution in [1.82, 2.24) is 29.6 Å². The number of hydrogen-bond acceptors (Lipinski definition) is 7. The van der Waals surface area contributed by atoms with E-state index in [9.17, 15) is 4.79 Å². The standard InChI is InChI=1S/C24H20BN7O2/c25-20-21(14-6-9-31(10-7-14)24(33)19-5-8-29-34-19)30-23-17(13-28-32(23)22(20)26)16-11-15-3-1-2-4-18(15)27-12-16/h1-5,8,11-14H,6-7,9-10,26H2. The van der Waals surface area contributed by atoms with Gasteiger partial charge in [-0.2, -0.15) is 9.61 Å². The minimum absolute atomic E-state index is 0.0727. The molecular weight excluding hydrogens is 429 g/mol. The molecule has 0 aliphatic carbocycles. The Balaban J connectivity index is 1.34. The third-order valence-corrected chi connectivity index (χ3v) is 6.47. The molecule has 1 fully saturated rings. The van der Waals surface area contributed by atoms with Crippen molar-refractivity contribution >= 4 is 41.6 Å². The van der Waals surface area contributed by atoms with Gasteiger partial charge in [0.15, 0.2) is 5.65 Å². The van der Waals surface area contributed by atoms with E-state index in [0.29, 0.717) is 42.9 Å². The Morgan fingerprint density at radius 3 is 2.76 bits per heavy atom. The van der Waals surface area contributed by atoms with Gasteiger partial charge < -0.3 is 15.2 Å². The zero-order valence-electron chi connectivity index (χ0n) is 18.3. The number of fused-ring (bicyclic) bond motifs is 2. The van der Waals surface area contributed by atoms with Gasteiger partial charge >= 0.3 is 0 Å². The number of piperidine rings is 1. The maximum absolute atomic E-state index is 12.6. The third kappa shape index (κ3) is 3.30. The molecule has 5 aromatic rings. The summed E-state index contributed by atoms with van der Waals surface area (Å²) in [6.07, 6.45) is 6.46. The van der Waals surface area contributed by atoms with Gasteiger partial charge in [-0.15, -0.1) is 0 Å². The van der Waals surface area contributed by atoms with Gasteiger partial charge in [0.05, 0.1) is 17.9 Å². The molecule has 2 N–H and O–H groups in total. The first-order chi connectivity index (χ1) is 16.6. The number of aromatic nitrogens is 5.